The first-order valence-corrected chi connectivity index (χ1v) is 10.7. The smallest absolute Gasteiger partial charge is 0.254 e. The predicted octanol–water partition coefficient (Wildman–Crippen LogP) is 1.96. The molecule has 0 spiro atoms. The zero-order valence-electron chi connectivity index (χ0n) is 19.1. The van der Waals surface area contributed by atoms with Crippen LogP contribution in [0.5, 0.6) is 0 Å². The van der Waals surface area contributed by atoms with Crippen LogP contribution in [0, 0.1) is 6.92 Å². The van der Waals surface area contributed by atoms with E-state index in [0.717, 1.165) is 12.1 Å². The number of hydrogen-bond acceptors (Lipinski definition) is 6. The summed E-state index contributed by atoms with van der Waals surface area (Å²) in [5.41, 5.74) is 1.52. The molecule has 1 heterocycles. The Balaban J connectivity index is 1.93. The fourth-order valence-corrected chi connectivity index (χ4v) is 3.36. The van der Waals surface area contributed by atoms with E-state index in [-0.39, 0.29) is 17.6 Å². The van der Waals surface area contributed by atoms with Crippen LogP contribution in [-0.2, 0) is 14.2 Å². The summed E-state index contributed by atoms with van der Waals surface area (Å²) in [7, 11) is 1.63. The van der Waals surface area contributed by atoms with Gasteiger partial charge in [0, 0.05) is 45.4 Å². The maximum atomic E-state index is 13.0. The zero-order valence-corrected chi connectivity index (χ0v) is 19.1. The number of aliphatic hydroxyl groups is 1. The lowest BCUT2D eigenvalue weighted by molar-refractivity contribution is -0.0784. The van der Waals surface area contributed by atoms with E-state index in [4.69, 9.17) is 14.2 Å². The van der Waals surface area contributed by atoms with Gasteiger partial charge in [0.2, 0.25) is 0 Å². The fraction of sp³-hybridized carbons (Fsp3) is 0.696. The lowest BCUT2D eigenvalue weighted by Gasteiger charge is -2.36. The van der Waals surface area contributed by atoms with Gasteiger partial charge in [-0.2, -0.15) is 0 Å². The van der Waals surface area contributed by atoms with Gasteiger partial charge in [-0.1, -0.05) is 17.7 Å². The molecule has 2 rings (SSSR count). The Morgan fingerprint density at radius 2 is 2.03 bits per heavy atom. The Morgan fingerprint density at radius 3 is 2.67 bits per heavy atom. The van der Waals surface area contributed by atoms with Gasteiger partial charge < -0.3 is 24.2 Å². The highest BCUT2D eigenvalue weighted by Gasteiger charge is 2.27. The van der Waals surface area contributed by atoms with E-state index >= 15 is 0 Å². The second-order valence-corrected chi connectivity index (χ2v) is 8.94. The zero-order chi connectivity index (χ0) is 22.1. The third kappa shape index (κ3) is 8.70. The Kier molecular flexibility index (Phi) is 9.71. The predicted molar refractivity (Wildman–Crippen MR) is 117 cm³/mol. The van der Waals surface area contributed by atoms with E-state index < -0.39 is 6.10 Å². The third-order valence-corrected chi connectivity index (χ3v) is 4.98. The second kappa shape index (κ2) is 11.8. The molecule has 1 N–H and O–H groups in total. The number of carbonyl (C=O) groups is 1. The van der Waals surface area contributed by atoms with Gasteiger partial charge in [-0.05, 0) is 39.8 Å². The summed E-state index contributed by atoms with van der Waals surface area (Å²) in [4.78, 5) is 17.0. The highest BCUT2D eigenvalue weighted by Crippen LogP contribution is 2.13. The molecule has 0 aliphatic carbocycles. The Labute approximate surface area is 180 Å². The van der Waals surface area contributed by atoms with Gasteiger partial charge in [0.1, 0.15) is 0 Å². The number of β-amino-alcohol motifs (C(OH)–C–C–N with tert-alkyl or cyclic N) is 1. The van der Waals surface area contributed by atoms with Gasteiger partial charge in [-0.25, -0.2) is 0 Å². The number of carbonyl (C=O) groups excluding carboxylic acids is 1. The van der Waals surface area contributed by atoms with Crippen LogP contribution in [0.3, 0.4) is 0 Å². The minimum Gasteiger partial charge on any atom is -0.389 e. The quantitative estimate of drug-likeness (QED) is 0.622. The van der Waals surface area contributed by atoms with Gasteiger partial charge in [0.15, 0.2) is 0 Å². The number of hydrogen-bond donors (Lipinski definition) is 1. The molecule has 7 heteroatoms. The second-order valence-electron chi connectivity index (χ2n) is 8.94. The fourth-order valence-electron chi connectivity index (χ4n) is 3.36. The molecule has 0 saturated carbocycles. The maximum absolute atomic E-state index is 13.0. The molecule has 1 aromatic carbocycles. The number of benzene rings is 1. The van der Waals surface area contributed by atoms with Gasteiger partial charge in [-0.3, -0.25) is 9.69 Å². The summed E-state index contributed by atoms with van der Waals surface area (Å²) in [5.74, 6) is -0.0219. The minimum absolute atomic E-state index is 0.0219. The number of methoxy groups -OCH3 is 1. The number of ether oxygens (including phenoxy) is 3. The summed E-state index contributed by atoms with van der Waals surface area (Å²) in [6, 6.07) is 7.61. The van der Waals surface area contributed by atoms with Crippen molar-refractivity contribution in [3.05, 3.63) is 35.4 Å². The Hall–Kier alpha value is -1.51. The topological polar surface area (TPSA) is 71.5 Å². The van der Waals surface area contributed by atoms with Crippen molar-refractivity contribution < 1.29 is 24.1 Å². The number of aryl methyl sites for hydroxylation is 1. The summed E-state index contributed by atoms with van der Waals surface area (Å²) < 4.78 is 16.8. The molecule has 1 aliphatic rings. The lowest BCUT2D eigenvalue weighted by atomic mass is 10.1. The highest BCUT2D eigenvalue weighted by atomic mass is 16.5. The van der Waals surface area contributed by atoms with E-state index in [1.165, 1.54) is 0 Å². The Morgan fingerprint density at radius 1 is 1.33 bits per heavy atom. The summed E-state index contributed by atoms with van der Waals surface area (Å²) in [6.07, 6.45) is -0.664. The van der Waals surface area contributed by atoms with E-state index in [0.29, 0.717) is 51.6 Å². The van der Waals surface area contributed by atoms with Crippen molar-refractivity contribution in [3.63, 3.8) is 0 Å². The van der Waals surface area contributed by atoms with Crippen molar-refractivity contribution in [1.29, 1.82) is 0 Å². The van der Waals surface area contributed by atoms with Crippen molar-refractivity contribution in [2.75, 3.05) is 59.7 Å². The first-order valence-electron chi connectivity index (χ1n) is 10.7. The molecule has 0 aromatic heterocycles. The van der Waals surface area contributed by atoms with Crippen LogP contribution in [0.15, 0.2) is 24.3 Å². The van der Waals surface area contributed by atoms with E-state index in [9.17, 15) is 9.90 Å². The molecule has 0 radical (unpaired) electrons. The number of nitrogens with zero attached hydrogens (tertiary/aromatic N) is 2. The van der Waals surface area contributed by atoms with Crippen LogP contribution in [0.1, 0.15) is 36.7 Å². The van der Waals surface area contributed by atoms with Crippen LogP contribution < -0.4 is 0 Å². The summed E-state index contributed by atoms with van der Waals surface area (Å²) >= 11 is 0. The first kappa shape index (κ1) is 24.8. The molecule has 1 aliphatic heterocycles. The van der Waals surface area contributed by atoms with Gasteiger partial charge in [0.25, 0.3) is 5.91 Å². The normalized spacial score (nSPS) is 18.9. The minimum atomic E-state index is -0.554. The Bertz CT molecular complexity index is 644. The SMILES string of the molecule is COCCN(CC1CN(CC(O)COC(C)(C)C)CCO1)C(=O)c1ccc(C)cc1. The van der Waals surface area contributed by atoms with Crippen molar-refractivity contribution in [3.8, 4) is 0 Å². The number of rotatable bonds is 10. The molecule has 1 fully saturated rings. The van der Waals surface area contributed by atoms with Crippen molar-refractivity contribution >= 4 is 5.91 Å². The van der Waals surface area contributed by atoms with E-state index in [1.807, 2.05) is 52.0 Å². The number of morpholine rings is 1. The number of aliphatic hydroxyl groups excluding tert-OH is 1. The van der Waals surface area contributed by atoms with Crippen LogP contribution in [0.2, 0.25) is 0 Å². The molecule has 1 aromatic rings. The average molecular weight is 423 g/mol. The van der Waals surface area contributed by atoms with Crippen molar-refractivity contribution in [1.82, 2.24) is 9.80 Å². The molecule has 0 bridgehead atoms. The molecule has 2 atom stereocenters. The monoisotopic (exact) mass is 422 g/mol. The van der Waals surface area contributed by atoms with Gasteiger partial charge in [0.05, 0.1) is 37.6 Å². The molecule has 7 nitrogen and oxygen atoms in total. The van der Waals surface area contributed by atoms with Gasteiger partial charge in [-0.15, -0.1) is 0 Å². The van der Waals surface area contributed by atoms with Crippen molar-refractivity contribution in [2.45, 2.75) is 45.5 Å². The van der Waals surface area contributed by atoms with Crippen LogP contribution in [-0.4, -0.2) is 98.3 Å². The summed E-state index contributed by atoms with van der Waals surface area (Å²) in [6.45, 7) is 12.2. The van der Waals surface area contributed by atoms with Crippen LogP contribution >= 0.6 is 0 Å². The summed E-state index contributed by atoms with van der Waals surface area (Å²) in [5, 5.41) is 10.3. The highest BCUT2D eigenvalue weighted by molar-refractivity contribution is 5.94. The molecule has 1 saturated heterocycles. The van der Waals surface area contributed by atoms with Crippen molar-refractivity contribution in [2.24, 2.45) is 0 Å². The number of amides is 1. The third-order valence-electron chi connectivity index (χ3n) is 4.98. The largest absolute Gasteiger partial charge is 0.389 e. The molecule has 2 unspecified atom stereocenters. The average Bonchev–Trinajstić information content (AvgIpc) is 2.69. The van der Waals surface area contributed by atoms with E-state index in [2.05, 4.69) is 4.90 Å². The molecular weight excluding hydrogens is 384 g/mol. The molecule has 30 heavy (non-hydrogen) atoms. The molecule has 1 amide bonds. The van der Waals surface area contributed by atoms with E-state index in [1.54, 1.807) is 12.0 Å². The first-order chi connectivity index (χ1) is 14.2. The van der Waals surface area contributed by atoms with Crippen LogP contribution in [0.25, 0.3) is 0 Å². The molecule has 170 valence electrons. The lowest BCUT2D eigenvalue weighted by Crippen LogP contribution is -2.51. The maximum Gasteiger partial charge on any atom is 0.254 e. The molecular formula is C23H38N2O5. The standard InChI is InChI=1S/C23H38N2O5/c1-18-6-8-19(9-7-18)22(27)25(11-12-28-5)16-21-15-24(10-13-29-21)14-20(26)17-30-23(2,3)4/h6-9,20-21,26H,10-17H2,1-5H3. The van der Waals surface area contributed by atoms with Gasteiger partial charge >= 0.3 is 0 Å². The van der Waals surface area contributed by atoms with Crippen LogP contribution in [0.4, 0.5) is 0 Å².